The lowest BCUT2D eigenvalue weighted by Crippen LogP contribution is -2.04. The first-order valence-electron chi connectivity index (χ1n) is 7.60. The molecule has 3 rings (SSSR count). The van der Waals surface area contributed by atoms with E-state index in [1.165, 1.54) is 11.8 Å². The zero-order valence-corrected chi connectivity index (χ0v) is 14.3. The van der Waals surface area contributed by atoms with Gasteiger partial charge in [0.25, 0.3) is 0 Å². The van der Waals surface area contributed by atoms with E-state index in [0.29, 0.717) is 5.82 Å². The van der Waals surface area contributed by atoms with Crippen LogP contribution in [0.2, 0.25) is 0 Å². The monoisotopic (exact) mass is 335 g/mol. The summed E-state index contributed by atoms with van der Waals surface area (Å²) in [5.41, 5.74) is 2.95. The van der Waals surface area contributed by atoms with E-state index in [1.54, 1.807) is 0 Å². The van der Waals surface area contributed by atoms with E-state index in [2.05, 4.69) is 22.1 Å². The number of allylic oxidation sites excluding steroid dienone is 1. The number of nitrogens with zero attached hydrogens (tertiary/aromatic N) is 2. The first kappa shape index (κ1) is 16.2. The lowest BCUT2D eigenvalue weighted by Gasteiger charge is -2.12. The molecule has 1 aromatic heterocycles. The summed E-state index contributed by atoms with van der Waals surface area (Å²) in [4.78, 5) is 8.55. The second-order valence-electron chi connectivity index (χ2n) is 5.55. The van der Waals surface area contributed by atoms with Crippen molar-refractivity contribution in [1.82, 2.24) is 9.97 Å². The number of para-hydroxylation sites is 2. The molecule has 2 aromatic carbocycles. The Bertz CT molecular complexity index is 919. The van der Waals surface area contributed by atoms with Crippen molar-refractivity contribution in [1.29, 1.82) is 5.26 Å². The fourth-order valence-electron chi connectivity index (χ4n) is 2.45. The molecule has 0 spiro atoms. The van der Waals surface area contributed by atoms with Crippen LogP contribution in [0.1, 0.15) is 18.3 Å². The summed E-state index contributed by atoms with van der Waals surface area (Å²) in [5, 5.41) is 19.8. The lowest BCUT2D eigenvalue weighted by molar-refractivity contribution is 0.402. The number of aliphatic hydroxyl groups is 1. The molecule has 0 aliphatic rings. The second kappa shape index (κ2) is 6.81. The Balaban J connectivity index is 1.93. The van der Waals surface area contributed by atoms with Crippen molar-refractivity contribution < 1.29 is 5.11 Å². The van der Waals surface area contributed by atoms with Crippen LogP contribution in [0, 0.1) is 18.3 Å². The molecular formula is C19H17N3OS. The highest BCUT2D eigenvalue weighted by molar-refractivity contribution is 8.00. The number of nitriles is 1. The molecule has 0 bridgehead atoms. The summed E-state index contributed by atoms with van der Waals surface area (Å²) in [7, 11) is 0. The number of hydrogen-bond donors (Lipinski definition) is 2. The SMILES string of the molecule is Cc1cccc(SC(C)/C(O)=C(/C#N)c2nc3ccccc3[nH]2)c1. The maximum atomic E-state index is 10.6. The maximum absolute atomic E-state index is 10.6. The summed E-state index contributed by atoms with van der Waals surface area (Å²) in [6.45, 7) is 3.90. The van der Waals surface area contributed by atoms with Gasteiger partial charge in [0, 0.05) is 4.90 Å². The first-order valence-corrected chi connectivity index (χ1v) is 8.48. The summed E-state index contributed by atoms with van der Waals surface area (Å²) >= 11 is 1.51. The molecule has 0 radical (unpaired) electrons. The number of aryl methyl sites for hydroxylation is 1. The molecule has 0 aliphatic heterocycles. The van der Waals surface area contributed by atoms with Crippen LogP contribution in [-0.2, 0) is 0 Å². The quantitative estimate of drug-likeness (QED) is 0.406. The van der Waals surface area contributed by atoms with Crippen molar-refractivity contribution in [2.24, 2.45) is 0 Å². The third-order valence-electron chi connectivity index (χ3n) is 3.68. The number of benzene rings is 2. The van der Waals surface area contributed by atoms with Gasteiger partial charge in [-0.25, -0.2) is 4.98 Å². The minimum absolute atomic E-state index is 0.0306. The Labute approximate surface area is 144 Å². The van der Waals surface area contributed by atoms with Crippen LogP contribution in [-0.4, -0.2) is 20.3 Å². The van der Waals surface area contributed by atoms with Crippen molar-refractivity contribution >= 4 is 28.4 Å². The number of H-pyrrole nitrogens is 1. The zero-order chi connectivity index (χ0) is 17.1. The number of aromatic amines is 1. The predicted molar refractivity (Wildman–Crippen MR) is 97.8 cm³/mol. The van der Waals surface area contributed by atoms with Gasteiger partial charge < -0.3 is 10.1 Å². The molecule has 0 saturated heterocycles. The Morgan fingerprint density at radius 3 is 2.75 bits per heavy atom. The topological polar surface area (TPSA) is 72.7 Å². The Morgan fingerprint density at radius 1 is 1.25 bits per heavy atom. The van der Waals surface area contributed by atoms with E-state index < -0.39 is 0 Å². The van der Waals surface area contributed by atoms with Gasteiger partial charge in [0.2, 0.25) is 0 Å². The predicted octanol–water partition coefficient (Wildman–Crippen LogP) is 4.84. The molecular weight excluding hydrogens is 318 g/mol. The molecule has 5 heteroatoms. The number of thioether (sulfide) groups is 1. The van der Waals surface area contributed by atoms with E-state index in [-0.39, 0.29) is 16.6 Å². The highest BCUT2D eigenvalue weighted by Gasteiger charge is 2.19. The molecule has 0 amide bonds. The molecule has 4 nitrogen and oxygen atoms in total. The number of aromatic nitrogens is 2. The smallest absolute Gasteiger partial charge is 0.152 e. The fourth-order valence-corrected chi connectivity index (χ4v) is 3.50. The summed E-state index contributed by atoms with van der Waals surface area (Å²) < 4.78 is 0. The molecule has 0 saturated carbocycles. The lowest BCUT2D eigenvalue weighted by atomic mass is 10.2. The number of rotatable bonds is 4. The van der Waals surface area contributed by atoms with Gasteiger partial charge in [0.15, 0.2) is 5.82 Å². The average molecular weight is 335 g/mol. The van der Waals surface area contributed by atoms with Crippen LogP contribution in [0.15, 0.2) is 59.2 Å². The average Bonchev–Trinajstić information content (AvgIpc) is 2.99. The van der Waals surface area contributed by atoms with Gasteiger partial charge in [-0.15, -0.1) is 11.8 Å². The number of aliphatic hydroxyl groups excluding tert-OH is 1. The third kappa shape index (κ3) is 3.29. The van der Waals surface area contributed by atoms with Crippen LogP contribution in [0.4, 0.5) is 0 Å². The Morgan fingerprint density at radius 2 is 2.04 bits per heavy atom. The molecule has 1 heterocycles. The highest BCUT2D eigenvalue weighted by Crippen LogP contribution is 2.30. The highest BCUT2D eigenvalue weighted by atomic mass is 32.2. The number of imidazole rings is 1. The minimum Gasteiger partial charge on any atom is -0.510 e. The fraction of sp³-hybridized carbons (Fsp3) is 0.158. The molecule has 1 unspecified atom stereocenters. The molecule has 24 heavy (non-hydrogen) atoms. The van der Waals surface area contributed by atoms with Crippen LogP contribution >= 0.6 is 11.8 Å². The van der Waals surface area contributed by atoms with Gasteiger partial charge in [-0.1, -0.05) is 29.8 Å². The second-order valence-corrected chi connectivity index (χ2v) is 6.97. The Kier molecular flexibility index (Phi) is 4.59. The van der Waals surface area contributed by atoms with Crippen molar-refractivity contribution in [2.45, 2.75) is 24.0 Å². The Hall–Kier alpha value is -2.71. The van der Waals surface area contributed by atoms with Gasteiger partial charge in [0.1, 0.15) is 17.4 Å². The van der Waals surface area contributed by atoms with Crippen molar-refractivity contribution in [3.8, 4) is 6.07 Å². The summed E-state index contributed by atoms with van der Waals surface area (Å²) in [6, 6.07) is 17.7. The van der Waals surface area contributed by atoms with E-state index in [0.717, 1.165) is 21.5 Å². The molecule has 1 atom stereocenters. The molecule has 120 valence electrons. The van der Waals surface area contributed by atoms with Crippen LogP contribution < -0.4 is 0 Å². The van der Waals surface area contributed by atoms with Gasteiger partial charge in [-0.05, 0) is 38.1 Å². The number of hydrogen-bond acceptors (Lipinski definition) is 4. The van der Waals surface area contributed by atoms with Crippen molar-refractivity contribution in [2.75, 3.05) is 0 Å². The van der Waals surface area contributed by atoms with Gasteiger partial charge in [-0.3, -0.25) is 0 Å². The normalized spacial score (nSPS) is 13.4. The van der Waals surface area contributed by atoms with Gasteiger partial charge >= 0.3 is 0 Å². The summed E-state index contributed by atoms with van der Waals surface area (Å²) in [5.74, 6) is 0.427. The molecule has 3 aromatic rings. The maximum Gasteiger partial charge on any atom is 0.152 e. The largest absolute Gasteiger partial charge is 0.510 e. The third-order valence-corrected chi connectivity index (χ3v) is 4.78. The standard InChI is InChI=1S/C19H17N3OS/c1-12-6-5-7-14(10-12)24-13(2)18(23)15(11-20)19-21-16-8-3-4-9-17(16)22-19/h3-10,13,23H,1-2H3,(H,21,22)/b18-15+. The van der Waals surface area contributed by atoms with E-state index in [4.69, 9.17) is 0 Å². The van der Waals surface area contributed by atoms with Gasteiger partial charge in [0.05, 0.1) is 16.3 Å². The molecule has 0 fully saturated rings. The number of fused-ring (bicyclic) bond motifs is 1. The minimum atomic E-state index is -0.255. The van der Waals surface area contributed by atoms with E-state index in [9.17, 15) is 10.4 Å². The zero-order valence-electron chi connectivity index (χ0n) is 13.4. The van der Waals surface area contributed by atoms with E-state index >= 15 is 0 Å². The van der Waals surface area contributed by atoms with Crippen molar-refractivity contribution in [3.63, 3.8) is 0 Å². The number of nitrogens with one attached hydrogen (secondary N) is 1. The summed E-state index contributed by atoms with van der Waals surface area (Å²) in [6.07, 6.45) is 0. The van der Waals surface area contributed by atoms with E-state index in [1.807, 2.05) is 56.3 Å². The van der Waals surface area contributed by atoms with Crippen LogP contribution in [0.25, 0.3) is 16.6 Å². The van der Waals surface area contributed by atoms with Gasteiger partial charge in [-0.2, -0.15) is 5.26 Å². The van der Waals surface area contributed by atoms with Crippen molar-refractivity contribution in [3.05, 3.63) is 65.7 Å². The molecule has 2 N–H and O–H groups in total. The van der Waals surface area contributed by atoms with Crippen LogP contribution in [0.3, 0.4) is 0 Å². The molecule has 0 aliphatic carbocycles. The van der Waals surface area contributed by atoms with Crippen LogP contribution in [0.5, 0.6) is 0 Å². The first-order chi connectivity index (χ1) is 11.6.